The van der Waals surface area contributed by atoms with Gasteiger partial charge in [-0.2, -0.15) is 0 Å². The number of aromatic carboxylic acids is 1. The van der Waals surface area contributed by atoms with Crippen molar-refractivity contribution in [2.24, 2.45) is 7.05 Å². The molecule has 1 heterocycles. The van der Waals surface area contributed by atoms with E-state index in [2.05, 4.69) is 0 Å². The second kappa shape index (κ2) is 4.56. The first-order valence-corrected chi connectivity index (χ1v) is 5.58. The summed E-state index contributed by atoms with van der Waals surface area (Å²) in [7, 11) is 3.34. The molecule has 0 amide bonds. The Morgan fingerprint density at radius 2 is 2.00 bits per heavy atom. The van der Waals surface area contributed by atoms with E-state index in [4.69, 9.17) is 9.84 Å². The number of ether oxygens (including phenoxy) is 1. The molecule has 1 aromatic heterocycles. The SMILES string of the molecule is COc1ccc(C)cc1-c1ccc(C(=O)O)n1C. The van der Waals surface area contributed by atoms with Gasteiger partial charge in [0.1, 0.15) is 11.4 Å². The van der Waals surface area contributed by atoms with Gasteiger partial charge in [0.05, 0.1) is 12.8 Å². The van der Waals surface area contributed by atoms with Gasteiger partial charge >= 0.3 is 5.97 Å². The fraction of sp³-hybridized carbons (Fsp3) is 0.214. The minimum Gasteiger partial charge on any atom is -0.496 e. The lowest BCUT2D eigenvalue weighted by Gasteiger charge is -2.11. The molecular weight excluding hydrogens is 230 g/mol. The van der Waals surface area contributed by atoms with Crippen LogP contribution in [-0.4, -0.2) is 22.8 Å². The first kappa shape index (κ1) is 12.2. The van der Waals surface area contributed by atoms with Crippen LogP contribution in [-0.2, 0) is 7.05 Å². The Labute approximate surface area is 105 Å². The Hall–Kier alpha value is -2.23. The number of aromatic nitrogens is 1. The van der Waals surface area contributed by atoms with Crippen LogP contribution in [0, 0.1) is 6.92 Å². The van der Waals surface area contributed by atoms with Crippen LogP contribution in [0.4, 0.5) is 0 Å². The van der Waals surface area contributed by atoms with E-state index in [1.165, 1.54) is 0 Å². The molecule has 18 heavy (non-hydrogen) atoms. The van der Waals surface area contributed by atoms with Gasteiger partial charge in [-0.25, -0.2) is 4.79 Å². The molecule has 4 nitrogen and oxygen atoms in total. The van der Waals surface area contributed by atoms with Crippen molar-refractivity contribution in [1.82, 2.24) is 4.57 Å². The van der Waals surface area contributed by atoms with E-state index in [9.17, 15) is 4.79 Å². The summed E-state index contributed by atoms with van der Waals surface area (Å²) in [6, 6.07) is 9.22. The van der Waals surface area contributed by atoms with Crippen molar-refractivity contribution in [2.75, 3.05) is 7.11 Å². The zero-order valence-electron chi connectivity index (χ0n) is 10.6. The second-order valence-electron chi connectivity index (χ2n) is 4.17. The van der Waals surface area contributed by atoms with E-state index in [0.717, 1.165) is 22.6 Å². The number of hydrogen-bond acceptors (Lipinski definition) is 2. The van der Waals surface area contributed by atoms with E-state index in [1.54, 1.807) is 30.9 Å². The number of nitrogens with zero attached hydrogens (tertiary/aromatic N) is 1. The van der Waals surface area contributed by atoms with Crippen molar-refractivity contribution in [3.05, 3.63) is 41.6 Å². The van der Waals surface area contributed by atoms with Gasteiger partial charge in [-0.05, 0) is 31.2 Å². The zero-order valence-corrected chi connectivity index (χ0v) is 10.6. The van der Waals surface area contributed by atoms with Gasteiger partial charge in [0, 0.05) is 12.6 Å². The summed E-state index contributed by atoms with van der Waals surface area (Å²) in [5.74, 6) is -0.200. The van der Waals surface area contributed by atoms with Crippen molar-refractivity contribution < 1.29 is 14.6 Å². The average molecular weight is 245 g/mol. The standard InChI is InChI=1S/C14H15NO3/c1-9-4-7-13(18-3)10(8-9)11-5-6-12(14(16)17)15(11)2/h4-8H,1-3H3,(H,16,17). The summed E-state index contributed by atoms with van der Waals surface area (Å²) < 4.78 is 6.97. The molecule has 0 saturated heterocycles. The lowest BCUT2D eigenvalue weighted by atomic mass is 10.1. The Balaban J connectivity index is 2.61. The molecule has 0 radical (unpaired) electrons. The summed E-state index contributed by atoms with van der Waals surface area (Å²) in [4.78, 5) is 11.0. The highest BCUT2D eigenvalue weighted by Crippen LogP contribution is 2.31. The van der Waals surface area contributed by atoms with Gasteiger partial charge in [-0.15, -0.1) is 0 Å². The number of rotatable bonds is 3. The van der Waals surface area contributed by atoms with Crippen molar-refractivity contribution >= 4 is 5.97 Å². The highest BCUT2D eigenvalue weighted by molar-refractivity contribution is 5.88. The Morgan fingerprint density at radius 1 is 1.28 bits per heavy atom. The Morgan fingerprint density at radius 3 is 2.56 bits per heavy atom. The Bertz CT molecular complexity index is 599. The van der Waals surface area contributed by atoms with Crippen LogP contribution in [0.3, 0.4) is 0 Å². The minimum absolute atomic E-state index is 0.258. The maximum Gasteiger partial charge on any atom is 0.352 e. The number of carbonyl (C=O) groups is 1. The average Bonchev–Trinajstić information content (AvgIpc) is 2.71. The number of methoxy groups -OCH3 is 1. The first-order valence-electron chi connectivity index (χ1n) is 5.58. The number of carboxylic acid groups (broad SMARTS) is 1. The van der Waals surface area contributed by atoms with Crippen molar-refractivity contribution in [2.45, 2.75) is 6.92 Å². The van der Waals surface area contributed by atoms with Gasteiger partial charge in [0.25, 0.3) is 0 Å². The summed E-state index contributed by atoms with van der Waals surface area (Å²) >= 11 is 0. The van der Waals surface area contributed by atoms with Crippen LogP contribution in [0.25, 0.3) is 11.3 Å². The summed E-state index contributed by atoms with van der Waals surface area (Å²) in [5, 5.41) is 9.05. The van der Waals surface area contributed by atoms with E-state index in [-0.39, 0.29) is 5.69 Å². The fourth-order valence-electron chi connectivity index (χ4n) is 2.02. The largest absolute Gasteiger partial charge is 0.496 e. The highest BCUT2D eigenvalue weighted by atomic mass is 16.5. The van der Waals surface area contributed by atoms with E-state index >= 15 is 0 Å². The molecule has 2 rings (SSSR count). The third-order valence-electron chi connectivity index (χ3n) is 2.97. The molecule has 0 unspecified atom stereocenters. The van der Waals surface area contributed by atoms with Crippen LogP contribution >= 0.6 is 0 Å². The van der Waals surface area contributed by atoms with Gasteiger partial charge in [-0.1, -0.05) is 11.6 Å². The van der Waals surface area contributed by atoms with Crippen LogP contribution in [0.2, 0.25) is 0 Å². The molecule has 1 N–H and O–H groups in total. The molecule has 2 aromatic rings. The molecule has 0 fully saturated rings. The smallest absolute Gasteiger partial charge is 0.352 e. The maximum absolute atomic E-state index is 11.0. The van der Waals surface area contributed by atoms with Crippen LogP contribution < -0.4 is 4.74 Å². The third-order valence-corrected chi connectivity index (χ3v) is 2.97. The molecule has 0 bridgehead atoms. The second-order valence-corrected chi connectivity index (χ2v) is 4.17. The molecule has 0 spiro atoms. The first-order chi connectivity index (χ1) is 8.54. The number of carboxylic acids is 1. The van der Waals surface area contributed by atoms with Crippen molar-refractivity contribution in [1.29, 1.82) is 0 Å². The van der Waals surface area contributed by atoms with Crippen LogP contribution in [0.1, 0.15) is 16.1 Å². The van der Waals surface area contributed by atoms with Crippen LogP contribution in [0.15, 0.2) is 30.3 Å². The van der Waals surface area contributed by atoms with Gasteiger partial charge in [0.15, 0.2) is 0 Å². The molecular formula is C14H15NO3. The minimum atomic E-state index is -0.935. The van der Waals surface area contributed by atoms with E-state index in [1.807, 2.05) is 25.1 Å². The summed E-state index contributed by atoms with van der Waals surface area (Å²) in [5.41, 5.74) is 3.08. The van der Waals surface area contributed by atoms with Crippen molar-refractivity contribution in [3.63, 3.8) is 0 Å². The summed E-state index contributed by atoms with van der Waals surface area (Å²) in [6.07, 6.45) is 0. The van der Waals surface area contributed by atoms with Gasteiger partial charge < -0.3 is 14.4 Å². The number of aryl methyl sites for hydroxylation is 1. The molecule has 4 heteroatoms. The molecule has 0 aliphatic carbocycles. The number of benzene rings is 1. The monoisotopic (exact) mass is 245 g/mol. The molecule has 0 atom stereocenters. The van der Waals surface area contributed by atoms with Gasteiger partial charge in [0.2, 0.25) is 0 Å². The van der Waals surface area contributed by atoms with Crippen molar-refractivity contribution in [3.8, 4) is 17.0 Å². The Kier molecular flexibility index (Phi) is 3.10. The molecule has 0 aliphatic rings. The predicted octanol–water partition coefficient (Wildman–Crippen LogP) is 2.71. The molecule has 94 valence electrons. The van der Waals surface area contributed by atoms with E-state index < -0.39 is 5.97 Å². The third kappa shape index (κ3) is 1.97. The lowest BCUT2D eigenvalue weighted by Crippen LogP contribution is -2.05. The molecule has 0 saturated carbocycles. The predicted molar refractivity (Wildman–Crippen MR) is 69.1 cm³/mol. The maximum atomic E-state index is 11.0. The van der Waals surface area contributed by atoms with Gasteiger partial charge in [-0.3, -0.25) is 0 Å². The van der Waals surface area contributed by atoms with E-state index in [0.29, 0.717) is 0 Å². The topological polar surface area (TPSA) is 51.5 Å². The highest BCUT2D eigenvalue weighted by Gasteiger charge is 2.15. The molecule has 0 aliphatic heterocycles. The number of hydrogen-bond donors (Lipinski definition) is 1. The lowest BCUT2D eigenvalue weighted by molar-refractivity contribution is 0.0686. The van der Waals surface area contributed by atoms with Crippen LogP contribution in [0.5, 0.6) is 5.75 Å². The normalized spacial score (nSPS) is 10.4. The molecule has 1 aromatic carbocycles. The quantitative estimate of drug-likeness (QED) is 0.904. The summed E-state index contributed by atoms with van der Waals surface area (Å²) in [6.45, 7) is 1.99. The fourth-order valence-corrected chi connectivity index (χ4v) is 2.02. The zero-order chi connectivity index (χ0) is 13.3.